The molecule has 0 fully saturated rings. The predicted octanol–water partition coefficient (Wildman–Crippen LogP) is 2.68. The fourth-order valence-corrected chi connectivity index (χ4v) is 2.77. The number of hydrogen-bond acceptors (Lipinski definition) is 2. The number of hydrogen-bond donors (Lipinski definition) is 2. The number of rotatable bonds is 2. The second-order valence-electron chi connectivity index (χ2n) is 5.09. The maximum absolute atomic E-state index is 11.3. The van der Waals surface area contributed by atoms with Gasteiger partial charge < -0.3 is 10.4 Å². The van der Waals surface area contributed by atoms with Crippen molar-refractivity contribution in [2.45, 2.75) is 13.0 Å². The van der Waals surface area contributed by atoms with Crippen LogP contribution in [-0.2, 0) is 13.0 Å². The summed E-state index contributed by atoms with van der Waals surface area (Å²) in [6, 6.07) is 11.4. The molecule has 1 aliphatic rings. The van der Waals surface area contributed by atoms with Gasteiger partial charge in [0.1, 0.15) is 0 Å². The highest BCUT2D eigenvalue weighted by molar-refractivity contribution is 5.94. The molecule has 0 amide bonds. The zero-order chi connectivity index (χ0) is 14.8. The van der Waals surface area contributed by atoms with Gasteiger partial charge in [0.25, 0.3) is 0 Å². The first-order valence-electron chi connectivity index (χ1n) is 6.86. The van der Waals surface area contributed by atoms with Crippen molar-refractivity contribution in [1.82, 2.24) is 5.32 Å². The molecule has 0 spiro atoms. The monoisotopic (exact) mass is 277 g/mol. The Morgan fingerprint density at radius 1 is 1.24 bits per heavy atom. The molecule has 1 aliphatic heterocycles. The standard InChI is InChI=1S/C18H15NO2/c1-2-15-16(4-3-5-17(15)18(20)21)13-6-7-14-11-19-9-8-12(14)10-13/h1,3-7,10,19H,8-9,11H2,(H,20,21). The minimum Gasteiger partial charge on any atom is -0.478 e. The van der Waals surface area contributed by atoms with E-state index in [1.165, 1.54) is 11.1 Å². The third-order valence-electron chi connectivity index (χ3n) is 3.84. The van der Waals surface area contributed by atoms with Crippen molar-refractivity contribution >= 4 is 5.97 Å². The molecule has 1 heterocycles. The Morgan fingerprint density at radius 2 is 2.10 bits per heavy atom. The van der Waals surface area contributed by atoms with Gasteiger partial charge in [-0.1, -0.05) is 36.3 Å². The zero-order valence-corrected chi connectivity index (χ0v) is 11.5. The van der Waals surface area contributed by atoms with E-state index in [-0.39, 0.29) is 5.56 Å². The Balaban J connectivity index is 2.15. The van der Waals surface area contributed by atoms with Gasteiger partial charge in [-0.3, -0.25) is 0 Å². The fraction of sp³-hybridized carbons (Fsp3) is 0.167. The fourth-order valence-electron chi connectivity index (χ4n) is 2.77. The number of carboxylic acid groups (broad SMARTS) is 1. The average Bonchev–Trinajstić information content (AvgIpc) is 2.53. The molecule has 2 aromatic rings. The van der Waals surface area contributed by atoms with E-state index in [9.17, 15) is 9.90 Å². The van der Waals surface area contributed by atoms with Crippen LogP contribution in [0.25, 0.3) is 11.1 Å². The second-order valence-corrected chi connectivity index (χ2v) is 5.09. The number of nitrogens with one attached hydrogen (secondary N) is 1. The Kier molecular flexibility index (Phi) is 3.47. The summed E-state index contributed by atoms with van der Waals surface area (Å²) in [5.41, 5.74) is 5.00. The average molecular weight is 277 g/mol. The SMILES string of the molecule is C#Cc1c(C(=O)O)cccc1-c1ccc2c(c1)CCNC2. The number of carbonyl (C=O) groups is 1. The highest BCUT2D eigenvalue weighted by atomic mass is 16.4. The largest absolute Gasteiger partial charge is 0.478 e. The van der Waals surface area contributed by atoms with Crippen LogP contribution in [0.5, 0.6) is 0 Å². The molecule has 0 saturated heterocycles. The smallest absolute Gasteiger partial charge is 0.336 e. The van der Waals surface area contributed by atoms with Gasteiger partial charge in [0.05, 0.1) is 5.56 Å². The van der Waals surface area contributed by atoms with Crippen molar-refractivity contribution in [1.29, 1.82) is 0 Å². The van der Waals surface area contributed by atoms with Crippen LogP contribution in [0.1, 0.15) is 27.0 Å². The van der Waals surface area contributed by atoms with Gasteiger partial charge in [-0.05, 0) is 41.3 Å². The van der Waals surface area contributed by atoms with Crippen LogP contribution in [0.2, 0.25) is 0 Å². The van der Waals surface area contributed by atoms with E-state index in [0.717, 1.165) is 30.6 Å². The number of terminal acetylenes is 1. The van der Waals surface area contributed by atoms with Gasteiger partial charge in [-0.15, -0.1) is 6.42 Å². The Morgan fingerprint density at radius 3 is 2.86 bits per heavy atom. The predicted molar refractivity (Wildman–Crippen MR) is 82.2 cm³/mol. The first-order valence-corrected chi connectivity index (χ1v) is 6.86. The molecule has 0 radical (unpaired) electrons. The molecule has 0 aromatic heterocycles. The maximum atomic E-state index is 11.3. The minimum absolute atomic E-state index is 0.175. The first kappa shape index (κ1) is 13.4. The van der Waals surface area contributed by atoms with E-state index < -0.39 is 5.97 Å². The summed E-state index contributed by atoms with van der Waals surface area (Å²) >= 11 is 0. The zero-order valence-electron chi connectivity index (χ0n) is 11.5. The lowest BCUT2D eigenvalue weighted by atomic mass is 9.91. The lowest BCUT2D eigenvalue weighted by molar-refractivity contribution is 0.0696. The number of carboxylic acids is 1. The van der Waals surface area contributed by atoms with E-state index in [4.69, 9.17) is 6.42 Å². The van der Waals surface area contributed by atoms with E-state index in [0.29, 0.717) is 5.56 Å². The first-order chi connectivity index (χ1) is 10.2. The summed E-state index contributed by atoms with van der Waals surface area (Å²) in [6.07, 6.45) is 6.52. The van der Waals surface area contributed by atoms with Crippen LogP contribution in [-0.4, -0.2) is 17.6 Å². The van der Waals surface area contributed by atoms with Crippen LogP contribution < -0.4 is 5.32 Å². The normalized spacial score (nSPS) is 13.3. The molecule has 2 aromatic carbocycles. The van der Waals surface area contributed by atoms with Crippen molar-refractivity contribution in [2.75, 3.05) is 6.54 Å². The molecule has 0 bridgehead atoms. The number of fused-ring (bicyclic) bond motifs is 1. The summed E-state index contributed by atoms with van der Waals surface area (Å²) in [7, 11) is 0. The molecule has 0 atom stereocenters. The number of benzene rings is 2. The van der Waals surface area contributed by atoms with E-state index in [2.05, 4.69) is 23.4 Å². The molecule has 3 nitrogen and oxygen atoms in total. The molecule has 0 saturated carbocycles. The summed E-state index contributed by atoms with van der Waals surface area (Å²) in [5, 5.41) is 12.6. The second kappa shape index (κ2) is 5.43. The molecule has 21 heavy (non-hydrogen) atoms. The Labute approximate surface area is 123 Å². The maximum Gasteiger partial charge on any atom is 0.336 e. The Hall–Kier alpha value is -2.57. The molecule has 3 heteroatoms. The summed E-state index contributed by atoms with van der Waals surface area (Å²) < 4.78 is 0. The topological polar surface area (TPSA) is 49.3 Å². The van der Waals surface area contributed by atoms with Gasteiger partial charge >= 0.3 is 5.97 Å². The summed E-state index contributed by atoms with van der Waals surface area (Å²) in [6.45, 7) is 1.85. The van der Waals surface area contributed by atoms with Gasteiger partial charge in [0.15, 0.2) is 0 Å². The van der Waals surface area contributed by atoms with E-state index in [1.807, 2.05) is 12.1 Å². The van der Waals surface area contributed by atoms with Crippen LogP contribution in [0.3, 0.4) is 0 Å². The lowest BCUT2D eigenvalue weighted by Gasteiger charge is -2.18. The van der Waals surface area contributed by atoms with Crippen LogP contribution in [0, 0.1) is 12.3 Å². The van der Waals surface area contributed by atoms with Crippen LogP contribution in [0.4, 0.5) is 0 Å². The third-order valence-corrected chi connectivity index (χ3v) is 3.84. The van der Waals surface area contributed by atoms with Gasteiger partial charge in [-0.2, -0.15) is 0 Å². The summed E-state index contributed by atoms with van der Waals surface area (Å²) in [5.74, 6) is 1.54. The van der Waals surface area contributed by atoms with Gasteiger partial charge in [0, 0.05) is 12.1 Å². The minimum atomic E-state index is -0.994. The van der Waals surface area contributed by atoms with Crippen molar-refractivity contribution in [3.05, 3.63) is 58.7 Å². The lowest BCUT2D eigenvalue weighted by Crippen LogP contribution is -2.23. The molecular weight excluding hydrogens is 262 g/mol. The third kappa shape index (κ3) is 2.42. The molecule has 3 rings (SSSR count). The van der Waals surface area contributed by atoms with E-state index in [1.54, 1.807) is 12.1 Å². The molecule has 0 unspecified atom stereocenters. The number of aromatic carboxylic acids is 1. The van der Waals surface area contributed by atoms with Crippen LogP contribution in [0.15, 0.2) is 36.4 Å². The van der Waals surface area contributed by atoms with Crippen LogP contribution >= 0.6 is 0 Å². The highest BCUT2D eigenvalue weighted by Gasteiger charge is 2.15. The Bertz CT molecular complexity index is 756. The molecule has 104 valence electrons. The van der Waals surface area contributed by atoms with E-state index >= 15 is 0 Å². The van der Waals surface area contributed by atoms with Gasteiger partial charge in [-0.25, -0.2) is 4.79 Å². The summed E-state index contributed by atoms with van der Waals surface area (Å²) in [4.78, 5) is 11.3. The quantitative estimate of drug-likeness (QED) is 0.830. The van der Waals surface area contributed by atoms with Crippen molar-refractivity contribution in [2.24, 2.45) is 0 Å². The highest BCUT2D eigenvalue weighted by Crippen LogP contribution is 2.28. The van der Waals surface area contributed by atoms with Crippen molar-refractivity contribution in [3.8, 4) is 23.5 Å². The van der Waals surface area contributed by atoms with Crippen molar-refractivity contribution < 1.29 is 9.90 Å². The van der Waals surface area contributed by atoms with Crippen molar-refractivity contribution in [3.63, 3.8) is 0 Å². The van der Waals surface area contributed by atoms with Gasteiger partial charge in [0.2, 0.25) is 0 Å². The molecule has 0 aliphatic carbocycles. The molecule has 2 N–H and O–H groups in total. The molecular formula is C18H15NO2.